The Labute approximate surface area is 193 Å². The topological polar surface area (TPSA) is 127 Å². The summed E-state index contributed by atoms with van der Waals surface area (Å²) in [5.41, 5.74) is -0.487. The van der Waals surface area contributed by atoms with Gasteiger partial charge in [-0.25, -0.2) is 4.79 Å². The molecule has 10 heteroatoms. The lowest BCUT2D eigenvalue weighted by Gasteiger charge is -2.31. The highest BCUT2D eigenvalue weighted by Crippen LogP contribution is 2.15. The summed E-state index contributed by atoms with van der Waals surface area (Å²) < 4.78 is 5.77. The first-order chi connectivity index (χ1) is 15.7. The molecule has 10 nitrogen and oxygen atoms in total. The van der Waals surface area contributed by atoms with Crippen LogP contribution in [-0.4, -0.2) is 59.4 Å². The van der Waals surface area contributed by atoms with Gasteiger partial charge in [-0.3, -0.25) is 19.2 Å². The van der Waals surface area contributed by atoms with Crippen molar-refractivity contribution in [3.8, 4) is 0 Å². The molecule has 180 valence electrons. The second-order valence-electron chi connectivity index (χ2n) is 8.19. The first-order valence-corrected chi connectivity index (χ1v) is 11.0. The van der Waals surface area contributed by atoms with E-state index in [2.05, 4.69) is 22.3 Å². The molecule has 0 aliphatic carbocycles. The van der Waals surface area contributed by atoms with Crippen LogP contribution in [0.1, 0.15) is 39.5 Å². The Bertz CT molecular complexity index is 955. The van der Waals surface area contributed by atoms with Crippen molar-refractivity contribution in [1.82, 2.24) is 14.8 Å². The molecule has 2 heterocycles. The van der Waals surface area contributed by atoms with Gasteiger partial charge < -0.3 is 24.8 Å². The highest BCUT2D eigenvalue weighted by atomic mass is 16.5. The van der Waals surface area contributed by atoms with Gasteiger partial charge in [0.15, 0.2) is 0 Å². The fraction of sp³-hybridized carbons (Fsp3) is 0.522. The number of esters is 1. The number of carbonyl (C=O) groups excluding carboxylic acids is 4. The minimum Gasteiger partial charge on any atom is -0.466 e. The Morgan fingerprint density at radius 3 is 2.73 bits per heavy atom. The number of aromatic nitrogens is 1. The number of hydrogen-bond donors (Lipinski definition) is 2. The van der Waals surface area contributed by atoms with Crippen LogP contribution in [0.3, 0.4) is 0 Å². The highest BCUT2D eigenvalue weighted by Gasteiger charge is 2.23. The molecule has 2 N–H and O–H groups in total. The number of nitrogens with one attached hydrogen (secondary N) is 2. The second kappa shape index (κ2) is 12.6. The number of piperidine rings is 1. The molecule has 2 unspecified atom stereocenters. The summed E-state index contributed by atoms with van der Waals surface area (Å²) in [6.07, 6.45) is 6.85. The third kappa shape index (κ3) is 8.21. The van der Waals surface area contributed by atoms with Crippen LogP contribution in [0.25, 0.3) is 0 Å². The van der Waals surface area contributed by atoms with Crippen molar-refractivity contribution in [2.45, 2.75) is 52.1 Å². The van der Waals surface area contributed by atoms with Crippen LogP contribution in [0.2, 0.25) is 0 Å². The van der Waals surface area contributed by atoms with Crippen molar-refractivity contribution in [3.05, 3.63) is 40.8 Å². The molecule has 3 amide bonds. The Morgan fingerprint density at radius 1 is 1.30 bits per heavy atom. The number of likely N-dealkylation sites (tertiary alicyclic amines) is 1. The van der Waals surface area contributed by atoms with Crippen LogP contribution in [0.4, 0.5) is 5.69 Å². The number of carbonyl (C=O) groups is 4. The molecule has 1 aromatic heterocycles. The molecule has 2 atom stereocenters. The minimum absolute atomic E-state index is 0.0165. The molecule has 0 radical (unpaired) electrons. The van der Waals surface area contributed by atoms with Gasteiger partial charge in [-0.05, 0) is 43.7 Å². The predicted octanol–water partition coefficient (Wildman–Crippen LogP) is 1.06. The van der Waals surface area contributed by atoms with E-state index >= 15 is 0 Å². The molecule has 1 aromatic rings. The minimum atomic E-state index is -0.908. The number of allylic oxidation sites excluding steroid dienone is 1. The van der Waals surface area contributed by atoms with Gasteiger partial charge in [-0.15, -0.1) is 0 Å². The molecule has 1 saturated heterocycles. The number of methoxy groups -OCH3 is 1. The predicted molar refractivity (Wildman–Crippen MR) is 122 cm³/mol. The molecular formula is C23H32N4O6. The van der Waals surface area contributed by atoms with Crippen molar-refractivity contribution >= 4 is 29.4 Å². The maximum absolute atomic E-state index is 12.8. The fourth-order valence-corrected chi connectivity index (χ4v) is 3.66. The fourth-order valence-electron chi connectivity index (χ4n) is 3.66. The Hall–Kier alpha value is -3.43. The molecule has 1 aliphatic rings. The maximum atomic E-state index is 12.8. The van der Waals surface area contributed by atoms with Crippen molar-refractivity contribution in [3.63, 3.8) is 0 Å². The van der Waals surface area contributed by atoms with Crippen LogP contribution in [0.5, 0.6) is 0 Å². The Morgan fingerprint density at radius 2 is 2.06 bits per heavy atom. The average molecular weight is 461 g/mol. The molecule has 33 heavy (non-hydrogen) atoms. The molecule has 0 saturated carbocycles. The summed E-state index contributed by atoms with van der Waals surface area (Å²) in [6.45, 7) is 4.62. The smallest absolute Gasteiger partial charge is 0.330 e. The molecule has 0 spiro atoms. The number of nitrogens with zero attached hydrogens (tertiary/aromatic N) is 2. The Kier molecular flexibility index (Phi) is 9.84. The summed E-state index contributed by atoms with van der Waals surface area (Å²) >= 11 is 0. The molecule has 1 aliphatic heterocycles. The lowest BCUT2D eigenvalue weighted by molar-refractivity contribution is -0.135. The zero-order chi connectivity index (χ0) is 24.4. The normalized spacial score (nSPS) is 16.8. The summed E-state index contributed by atoms with van der Waals surface area (Å²) in [5, 5.41) is 5.09. The number of ether oxygens (including phenoxy) is 1. The first kappa shape index (κ1) is 25.8. The van der Waals surface area contributed by atoms with E-state index in [0.717, 1.165) is 12.8 Å². The first-order valence-electron chi connectivity index (χ1n) is 11.0. The lowest BCUT2D eigenvalue weighted by atomic mass is 10.0. The monoisotopic (exact) mass is 460 g/mol. The van der Waals surface area contributed by atoms with Gasteiger partial charge in [0, 0.05) is 32.3 Å². The van der Waals surface area contributed by atoms with E-state index in [1.165, 1.54) is 43.0 Å². The summed E-state index contributed by atoms with van der Waals surface area (Å²) in [7, 11) is 1.26. The number of rotatable bonds is 9. The molecular weight excluding hydrogens is 428 g/mol. The lowest BCUT2D eigenvalue weighted by Crippen LogP contribution is -2.44. The van der Waals surface area contributed by atoms with Gasteiger partial charge in [0.2, 0.25) is 17.7 Å². The number of pyridine rings is 1. The maximum Gasteiger partial charge on any atom is 0.330 e. The summed E-state index contributed by atoms with van der Waals surface area (Å²) in [6, 6.07) is 2.12. The highest BCUT2D eigenvalue weighted by molar-refractivity contribution is 5.96. The van der Waals surface area contributed by atoms with Crippen LogP contribution in [-0.2, 0) is 30.5 Å². The van der Waals surface area contributed by atoms with Gasteiger partial charge >= 0.3 is 5.97 Å². The van der Waals surface area contributed by atoms with Crippen molar-refractivity contribution in [2.75, 3.05) is 25.5 Å². The van der Waals surface area contributed by atoms with Crippen molar-refractivity contribution < 1.29 is 23.9 Å². The van der Waals surface area contributed by atoms with Gasteiger partial charge in [-0.1, -0.05) is 13.0 Å². The van der Waals surface area contributed by atoms with Gasteiger partial charge in [-0.2, -0.15) is 0 Å². The zero-order valence-corrected chi connectivity index (χ0v) is 19.3. The summed E-state index contributed by atoms with van der Waals surface area (Å²) in [4.78, 5) is 62.6. The van der Waals surface area contributed by atoms with Crippen molar-refractivity contribution in [1.29, 1.82) is 0 Å². The zero-order valence-electron chi connectivity index (χ0n) is 19.3. The van der Waals surface area contributed by atoms with E-state index in [-0.39, 0.29) is 24.6 Å². The van der Waals surface area contributed by atoms with Gasteiger partial charge in [0.1, 0.15) is 18.3 Å². The molecule has 0 bridgehead atoms. The number of anilines is 1. The third-order valence-corrected chi connectivity index (χ3v) is 5.36. The van der Waals surface area contributed by atoms with Crippen molar-refractivity contribution in [2.24, 2.45) is 5.92 Å². The standard InChI is InChI=1S/C23H32N4O6/c1-16-8-6-12-26(14-16)20(29)15-27-13-7-10-19(23(27)32)25-22(31)18(24-17(2)28)9-4-5-11-21(30)33-3/h5,7,10-11,13,16,18H,4,6,8-9,12,14-15H2,1-3H3,(H,24,28)(H,25,31). The largest absolute Gasteiger partial charge is 0.466 e. The molecule has 2 rings (SSSR count). The second-order valence-corrected chi connectivity index (χ2v) is 8.19. The quantitative estimate of drug-likeness (QED) is 0.419. The van der Waals surface area contributed by atoms with E-state index in [9.17, 15) is 24.0 Å². The Balaban J connectivity index is 2.06. The van der Waals surface area contributed by atoms with Gasteiger partial charge in [0.05, 0.1) is 7.11 Å². The van der Waals surface area contributed by atoms with E-state index in [1.54, 1.807) is 11.0 Å². The van der Waals surface area contributed by atoms with Gasteiger partial charge in [0.25, 0.3) is 5.56 Å². The van der Waals surface area contributed by atoms with Crippen LogP contribution in [0.15, 0.2) is 35.3 Å². The van der Waals surface area contributed by atoms with E-state index in [0.29, 0.717) is 25.4 Å². The number of hydrogen-bond acceptors (Lipinski definition) is 6. The SMILES string of the molecule is COC(=O)C=CCCC(NC(C)=O)C(=O)Nc1cccn(CC(=O)N2CCCC(C)C2)c1=O. The molecule has 0 aromatic carbocycles. The third-order valence-electron chi connectivity index (χ3n) is 5.36. The number of amides is 3. The van der Waals surface area contributed by atoms with Crippen LogP contribution in [0, 0.1) is 5.92 Å². The van der Waals surface area contributed by atoms with E-state index in [4.69, 9.17) is 0 Å². The van der Waals surface area contributed by atoms with Crippen LogP contribution >= 0.6 is 0 Å². The van der Waals surface area contributed by atoms with E-state index in [1.807, 2.05) is 0 Å². The van der Waals surface area contributed by atoms with E-state index < -0.39 is 29.4 Å². The average Bonchev–Trinajstić information content (AvgIpc) is 2.77. The summed E-state index contributed by atoms with van der Waals surface area (Å²) in [5.74, 6) is -1.20. The molecule has 1 fully saturated rings. The van der Waals surface area contributed by atoms with Crippen LogP contribution < -0.4 is 16.2 Å².